The quantitative estimate of drug-likeness (QED) is 0.662. The molecule has 1 heterocycles. The van der Waals surface area contributed by atoms with E-state index in [0.29, 0.717) is 13.0 Å². The number of carbonyl (C=O) groups is 2. The Labute approximate surface area is 98.2 Å². The Morgan fingerprint density at radius 2 is 2.35 bits per heavy atom. The van der Waals surface area contributed by atoms with Gasteiger partial charge in [-0.25, -0.2) is 9.78 Å². The highest BCUT2D eigenvalue weighted by atomic mass is 16.5. The zero-order chi connectivity index (χ0) is 12.8. The van der Waals surface area contributed by atoms with Crippen molar-refractivity contribution in [1.29, 1.82) is 0 Å². The van der Waals surface area contributed by atoms with Gasteiger partial charge in [0.15, 0.2) is 11.4 Å². The van der Waals surface area contributed by atoms with E-state index in [1.54, 1.807) is 7.11 Å². The summed E-state index contributed by atoms with van der Waals surface area (Å²) in [5.74, 6) is -1.72. The zero-order valence-electron chi connectivity index (χ0n) is 9.69. The molecule has 0 spiro atoms. The molecule has 0 fully saturated rings. The van der Waals surface area contributed by atoms with Crippen molar-refractivity contribution in [2.24, 2.45) is 0 Å². The smallest absolute Gasteiger partial charge is 0.354 e. The van der Waals surface area contributed by atoms with Gasteiger partial charge in [-0.3, -0.25) is 4.79 Å². The first-order chi connectivity index (χ1) is 8.06. The van der Waals surface area contributed by atoms with Crippen LogP contribution in [0.3, 0.4) is 0 Å². The van der Waals surface area contributed by atoms with E-state index in [9.17, 15) is 9.59 Å². The van der Waals surface area contributed by atoms with Gasteiger partial charge in [0, 0.05) is 19.8 Å². The molecule has 94 valence electrons. The number of carboxylic acids is 1. The fourth-order valence-corrected chi connectivity index (χ4v) is 1.29. The van der Waals surface area contributed by atoms with Crippen molar-refractivity contribution in [2.75, 3.05) is 13.7 Å². The second-order valence-corrected chi connectivity index (χ2v) is 3.59. The molecule has 1 aromatic heterocycles. The molecular weight excluding hydrogens is 226 g/mol. The van der Waals surface area contributed by atoms with Crippen LogP contribution >= 0.6 is 0 Å². The molecule has 0 aliphatic heterocycles. The number of aromatic nitrogens is 2. The van der Waals surface area contributed by atoms with Crippen LogP contribution < -0.4 is 5.32 Å². The minimum atomic E-state index is -1.21. The number of nitrogens with zero attached hydrogens (tertiary/aromatic N) is 1. The van der Waals surface area contributed by atoms with Crippen molar-refractivity contribution >= 4 is 11.9 Å². The summed E-state index contributed by atoms with van der Waals surface area (Å²) in [4.78, 5) is 28.6. The fraction of sp³-hybridized carbons (Fsp3) is 0.500. The number of rotatable bonds is 6. The number of nitrogens with one attached hydrogen (secondary N) is 2. The number of carboxylic acid groups (broad SMARTS) is 1. The van der Waals surface area contributed by atoms with Crippen LogP contribution in [-0.4, -0.2) is 46.7 Å². The molecule has 1 atom stereocenters. The monoisotopic (exact) mass is 241 g/mol. The van der Waals surface area contributed by atoms with E-state index in [-0.39, 0.29) is 17.4 Å². The second kappa shape index (κ2) is 6.00. The molecule has 1 aromatic rings. The number of carbonyl (C=O) groups excluding carboxylic acids is 1. The molecule has 17 heavy (non-hydrogen) atoms. The Balaban J connectivity index is 2.63. The summed E-state index contributed by atoms with van der Waals surface area (Å²) in [5.41, 5.74) is -0.316. The van der Waals surface area contributed by atoms with Crippen LogP contribution in [0, 0.1) is 0 Å². The summed E-state index contributed by atoms with van der Waals surface area (Å²) >= 11 is 0. The predicted molar refractivity (Wildman–Crippen MR) is 59.0 cm³/mol. The van der Waals surface area contributed by atoms with Crippen LogP contribution in [0.5, 0.6) is 0 Å². The van der Waals surface area contributed by atoms with Gasteiger partial charge in [-0.05, 0) is 13.3 Å². The molecule has 1 unspecified atom stereocenters. The molecule has 0 radical (unpaired) electrons. The highest BCUT2D eigenvalue weighted by molar-refractivity contribution is 6.02. The number of hydrogen-bond donors (Lipinski definition) is 3. The van der Waals surface area contributed by atoms with E-state index >= 15 is 0 Å². The maximum atomic E-state index is 11.7. The van der Waals surface area contributed by atoms with Crippen LogP contribution in [-0.2, 0) is 4.74 Å². The lowest BCUT2D eigenvalue weighted by Gasteiger charge is -2.12. The van der Waals surface area contributed by atoms with Crippen molar-refractivity contribution < 1.29 is 19.4 Å². The van der Waals surface area contributed by atoms with Gasteiger partial charge in [0.2, 0.25) is 0 Å². The SMILES string of the molecule is COCCC(C)NC(=O)c1nc[nH]c1C(=O)O. The molecule has 0 aromatic carbocycles. The minimum absolute atomic E-state index is 0.109. The first kappa shape index (κ1) is 13.2. The number of aromatic amines is 1. The standard InChI is InChI=1S/C10H15N3O4/c1-6(3-4-17-2)13-9(14)7-8(10(15)16)12-5-11-7/h5-6H,3-4H2,1-2H3,(H,11,12)(H,13,14)(H,15,16). The van der Waals surface area contributed by atoms with E-state index in [2.05, 4.69) is 15.3 Å². The average molecular weight is 241 g/mol. The van der Waals surface area contributed by atoms with Gasteiger partial charge in [0.05, 0.1) is 6.33 Å². The molecule has 3 N–H and O–H groups in total. The lowest BCUT2D eigenvalue weighted by atomic mass is 10.2. The lowest BCUT2D eigenvalue weighted by molar-refractivity contribution is 0.0684. The second-order valence-electron chi connectivity index (χ2n) is 3.59. The number of H-pyrrole nitrogens is 1. The lowest BCUT2D eigenvalue weighted by Crippen LogP contribution is -2.34. The van der Waals surface area contributed by atoms with Crippen molar-refractivity contribution in [2.45, 2.75) is 19.4 Å². The van der Waals surface area contributed by atoms with E-state index in [4.69, 9.17) is 9.84 Å². The van der Waals surface area contributed by atoms with Crippen molar-refractivity contribution in [1.82, 2.24) is 15.3 Å². The summed E-state index contributed by atoms with van der Waals surface area (Å²) in [7, 11) is 1.57. The van der Waals surface area contributed by atoms with Gasteiger partial charge >= 0.3 is 5.97 Å². The molecule has 7 nitrogen and oxygen atoms in total. The molecule has 0 bridgehead atoms. The fourth-order valence-electron chi connectivity index (χ4n) is 1.29. The Morgan fingerprint density at radius 1 is 1.65 bits per heavy atom. The van der Waals surface area contributed by atoms with Gasteiger partial charge in [-0.2, -0.15) is 0 Å². The van der Waals surface area contributed by atoms with Gasteiger partial charge in [0.25, 0.3) is 5.91 Å². The van der Waals surface area contributed by atoms with Crippen LogP contribution in [0.1, 0.15) is 34.3 Å². The summed E-state index contributed by atoms with van der Waals surface area (Å²) in [6.45, 7) is 2.33. The number of imidazole rings is 1. The normalized spacial score (nSPS) is 12.1. The largest absolute Gasteiger partial charge is 0.477 e. The van der Waals surface area contributed by atoms with Crippen LogP contribution in [0.15, 0.2) is 6.33 Å². The zero-order valence-corrected chi connectivity index (χ0v) is 9.69. The molecule has 1 rings (SSSR count). The summed E-state index contributed by atoms with van der Waals surface area (Å²) < 4.78 is 4.88. The number of methoxy groups -OCH3 is 1. The van der Waals surface area contributed by atoms with Gasteiger partial charge in [-0.15, -0.1) is 0 Å². The van der Waals surface area contributed by atoms with E-state index in [1.807, 2.05) is 6.92 Å². The maximum Gasteiger partial charge on any atom is 0.354 e. The first-order valence-corrected chi connectivity index (χ1v) is 5.12. The molecular formula is C10H15N3O4. The predicted octanol–water partition coefficient (Wildman–Crippen LogP) is 0.263. The Bertz CT molecular complexity index is 402. The Kier molecular flexibility index (Phi) is 4.65. The summed E-state index contributed by atoms with van der Waals surface area (Å²) in [5, 5.41) is 11.5. The van der Waals surface area contributed by atoms with Crippen molar-refractivity contribution in [3.8, 4) is 0 Å². The number of aromatic carboxylic acids is 1. The number of hydrogen-bond acceptors (Lipinski definition) is 4. The van der Waals surface area contributed by atoms with Gasteiger partial charge in [0.1, 0.15) is 0 Å². The highest BCUT2D eigenvalue weighted by Crippen LogP contribution is 2.03. The van der Waals surface area contributed by atoms with Crippen LogP contribution in [0.2, 0.25) is 0 Å². The Morgan fingerprint density at radius 3 is 2.94 bits per heavy atom. The molecule has 0 saturated carbocycles. The number of amides is 1. The highest BCUT2D eigenvalue weighted by Gasteiger charge is 2.20. The summed E-state index contributed by atoms with van der Waals surface area (Å²) in [6.07, 6.45) is 1.83. The van der Waals surface area contributed by atoms with Gasteiger partial charge < -0.3 is 20.1 Å². The average Bonchev–Trinajstić information content (AvgIpc) is 2.75. The van der Waals surface area contributed by atoms with Gasteiger partial charge in [-0.1, -0.05) is 0 Å². The van der Waals surface area contributed by atoms with E-state index in [1.165, 1.54) is 6.33 Å². The van der Waals surface area contributed by atoms with E-state index < -0.39 is 11.9 Å². The molecule has 0 saturated heterocycles. The third kappa shape index (κ3) is 3.56. The van der Waals surface area contributed by atoms with Crippen LogP contribution in [0.25, 0.3) is 0 Å². The van der Waals surface area contributed by atoms with Crippen LogP contribution in [0.4, 0.5) is 0 Å². The third-order valence-corrected chi connectivity index (χ3v) is 2.20. The Hall–Kier alpha value is -1.89. The molecule has 7 heteroatoms. The molecule has 0 aliphatic carbocycles. The van der Waals surface area contributed by atoms with Crippen molar-refractivity contribution in [3.05, 3.63) is 17.7 Å². The number of ether oxygens (including phenoxy) is 1. The minimum Gasteiger partial charge on any atom is -0.477 e. The molecule has 0 aliphatic rings. The van der Waals surface area contributed by atoms with E-state index in [0.717, 1.165) is 0 Å². The third-order valence-electron chi connectivity index (χ3n) is 2.20. The maximum absolute atomic E-state index is 11.7. The topological polar surface area (TPSA) is 104 Å². The molecule has 1 amide bonds. The first-order valence-electron chi connectivity index (χ1n) is 5.12. The summed E-state index contributed by atoms with van der Waals surface area (Å²) in [6, 6.07) is -0.110. The van der Waals surface area contributed by atoms with Crippen molar-refractivity contribution in [3.63, 3.8) is 0 Å².